The molecule has 5 aliphatic carbocycles. The highest BCUT2D eigenvalue weighted by Gasteiger charge is 2.72. The summed E-state index contributed by atoms with van der Waals surface area (Å²) in [5.41, 5.74) is -0.526. The van der Waals surface area contributed by atoms with E-state index in [2.05, 4.69) is 16.7 Å². The fraction of sp³-hybridized carbons (Fsp3) is 0.655. The van der Waals surface area contributed by atoms with Crippen LogP contribution in [0.5, 0.6) is 0 Å². The van der Waals surface area contributed by atoms with E-state index in [1.807, 2.05) is 36.5 Å². The predicted molar refractivity (Wildman–Crippen MR) is 138 cm³/mol. The number of rotatable bonds is 9. The Morgan fingerprint density at radius 3 is 2.37 bits per heavy atom. The summed E-state index contributed by atoms with van der Waals surface area (Å²) < 4.78 is 11.8. The summed E-state index contributed by atoms with van der Waals surface area (Å²) in [6.07, 6.45) is 28.4. The van der Waals surface area contributed by atoms with Crippen LogP contribution in [-0.2, 0) is 19.1 Å². The lowest BCUT2D eigenvalue weighted by Gasteiger charge is -2.69. The van der Waals surface area contributed by atoms with Crippen molar-refractivity contribution >= 4 is 11.8 Å². The van der Waals surface area contributed by atoms with Crippen molar-refractivity contribution in [1.82, 2.24) is 10.6 Å². The largest absolute Gasteiger partial charge is 0.484 e. The second-order valence-electron chi connectivity index (χ2n) is 10.7. The van der Waals surface area contributed by atoms with Gasteiger partial charge in [-0.3, -0.25) is 9.59 Å². The Labute approximate surface area is 210 Å². The molecule has 5 aliphatic rings. The Morgan fingerprint density at radius 2 is 1.63 bits per heavy atom. The van der Waals surface area contributed by atoms with Gasteiger partial charge in [0.25, 0.3) is 5.91 Å². The van der Waals surface area contributed by atoms with Crippen LogP contribution in [0.2, 0.25) is 0 Å². The highest BCUT2D eigenvalue weighted by Crippen LogP contribution is 2.67. The van der Waals surface area contributed by atoms with Crippen molar-refractivity contribution in [1.29, 1.82) is 0 Å². The zero-order valence-corrected chi connectivity index (χ0v) is 21.1. The molecule has 0 radical (unpaired) electrons. The molecular formula is C29H42N2O4. The van der Waals surface area contributed by atoms with Crippen molar-refractivity contribution in [3.63, 3.8) is 0 Å². The van der Waals surface area contributed by atoms with Crippen molar-refractivity contribution in [2.75, 3.05) is 19.8 Å². The third-order valence-electron chi connectivity index (χ3n) is 7.75. The van der Waals surface area contributed by atoms with Crippen LogP contribution in [0.4, 0.5) is 0 Å². The maximum Gasteiger partial charge on any atom is 0.258 e. The third kappa shape index (κ3) is 7.33. The van der Waals surface area contributed by atoms with Crippen molar-refractivity contribution in [2.45, 2.75) is 95.1 Å². The number of hydrogen-bond donors (Lipinski definition) is 2. The standard InChI is InChI=1S/C29H42N2O4/c32-26(20-35-25-16-12-8-4-5-9-13-17-25)31-29-21-28(22-29,23-29)27(33)30-18-19-34-24-14-10-6-2-1-3-7-11-15-24/h4-5,8,12-13,16-17,24H,1-3,6-7,9-11,14-15,18-23H2,(H,30,33)(H,31,32)/b5-4-,12-8-,17-13?,25-16+. The first-order chi connectivity index (χ1) is 17.1. The molecule has 0 heterocycles. The fourth-order valence-corrected chi connectivity index (χ4v) is 5.94. The Bertz CT molecular complexity index is 827. The lowest BCUT2D eigenvalue weighted by molar-refractivity contribution is -0.184. The molecule has 6 heteroatoms. The number of carbonyl (C=O) groups is 2. The van der Waals surface area contributed by atoms with Gasteiger partial charge in [0.15, 0.2) is 6.61 Å². The van der Waals surface area contributed by atoms with Crippen LogP contribution in [0, 0.1) is 5.41 Å². The number of allylic oxidation sites excluding steroid dienone is 7. The molecular weight excluding hydrogens is 440 g/mol. The van der Waals surface area contributed by atoms with Gasteiger partial charge in [-0.05, 0) is 50.7 Å². The minimum absolute atomic E-state index is 0.0170. The van der Waals surface area contributed by atoms with Crippen LogP contribution < -0.4 is 10.6 Å². The summed E-state index contributed by atoms with van der Waals surface area (Å²) >= 11 is 0. The lowest BCUT2D eigenvalue weighted by Crippen LogP contribution is -2.78. The van der Waals surface area contributed by atoms with Gasteiger partial charge in [-0.25, -0.2) is 0 Å². The molecule has 2 bridgehead atoms. The van der Waals surface area contributed by atoms with Crippen LogP contribution in [-0.4, -0.2) is 43.2 Å². The number of hydrogen-bond acceptors (Lipinski definition) is 4. The Kier molecular flexibility index (Phi) is 9.25. The number of ether oxygens (including phenoxy) is 2. The van der Waals surface area contributed by atoms with Crippen molar-refractivity contribution in [3.05, 3.63) is 48.3 Å². The molecule has 4 fully saturated rings. The smallest absolute Gasteiger partial charge is 0.258 e. The summed E-state index contributed by atoms with van der Waals surface area (Å²) in [4.78, 5) is 25.2. The zero-order chi connectivity index (χ0) is 24.4. The van der Waals surface area contributed by atoms with Gasteiger partial charge in [0.1, 0.15) is 5.76 Å². The van der Waals surface area contributed by atoms with Gasteiger partial charge in [-0.15, -0.1) is 0 Å². The highest BCUT2D eigenvalue weighted by atomic mass is 16.5. The molecule has 5 rings (SSSR count). The van der Waals surface area contributed by atoms with Gasteiger partial charge >= 0.3 is 0 Å². The molecule has 0 saturated heterocycles. The molecule has 2 N–H and O–H groups in total. The molecule has 0 aromatic carbocycles. The average Bonchev–Trinajstić information content (AvgIpc) is 2.94. The molecule has 0 unspecified atom stereocenters. The van der Waals surface area contributed by atoms with E-state index >= 15 is 0 Å². The number of carbonyl (C=O) groups excluding carboxylic acids is 2. The van der Waals surface area contributed by atoms with E-state index < -0.39 is 0 Å². The van der Waals surface area contributed by atoms with E-state index in [1.54, 1.807) is 0 Å². The first-order valence-corrected chi connectivity index (χ1v) is 13.6. The van der Waals surface area contributed by atoms with Crippen LogP contribution in [0.3, 0.4) is 0 Å². The lowest BCUT2D eigenvalue weighted by atomic mass is 9.39. The molecule has 2 amide bonds. The number of amides is 2. The Morgan fingerprint density at radius 1 is 0.914 bits per heavy atom. The summed E-state index contributed by atoms with van der Waals surface area (Å²) in [5.74, 6) is 0.649. The van der Waals surface area contributed by atoms with Crippen molar-refractivity contribution in [3.8, 4) is 0 Å². The first-order valence-electron chi connectivity index (χ1n) is 13.6. The predicted octanol–water partition coefficient (Wildman–Crippen LogP) is 5.02. The van der Waals surface area contributed by atoms with Crippen molar-refractivity contribution < 1.29 is 19.1 Å². The molecule has 0 aliphatic heterocycles. The molecule has 192 valence electrons. The summed E-state index contributed by atoms with van der Waals surface area (Å²) in [6, 6.07) is 0. The van der Waals surface area contributed by atoms with Crippen LogP contribution in [0.25, 0.3) is 0 Å². The van der Waals surface area contributed by atoms with E-state index in [1.165, 1.54) is 44.9 Å². The Hall–Kier alpha value is -2.34. The van der Waals surface area contributed by atoms with E-state index in [9.17, 15) is 9.59 Å². The van der Waals surface area contributed by atoms with Gasteiger partial charge in [0, 0.05) is 12.1 Å². The minimum atomic E-state index is -0.300. The average molecular weight is 483 g/mol. The zero-order valence-electron chi connectivity index (χ0n) is 21.1. The topological polar surface area (TPSA) is 76.7 Å². The first kappa shape index (κ1) is 25.7. The van der Waals surface area contributed by atoms with Crippen LogP contribution in [0.1, 0.15) is 83.5 Å². The summed E-state index contributed by atoms with van der Waals surface area (Å²) in [5, 5.41) is 6.18. The maximum absolute atomic E-state index is 12.7. The second-order valence-corrected chi connectivity index (χ2v) is 10.7. The maximum atomic E-state index is 12.7. The van der Waals surface area contributed by atoms with Gasteiger partial charge in [-0.1, -0.05) is 75.3 Å². The fourth-order valence-electron chi connectivity index (χ4n) is 5.94. The van der Waals surface area contributed by atoms with E-state index in [-0.39, 0.29) is 29.4 Å². The van der Waals surface area contributed by atoms with Crippen LogP contribution in [0.15, 0.2) is 48.3 Å². The monoisotopic (exact) mass is 482 g/mol. The third-order valence-corrected chi connectivity index (χ3v) is 7.75. The van der Waals surface area contributed by atoms with Gasteiger partial charge in [-0.2, -0.15) is 0 Å². The van der Waals surface area contributed by atoms with E-state index in [0.717, 1.165) is 38.5 Å². The minimum Gasteiger partial charge on any atom is -0.484 e. The molecule has 0 aromatic rings. The number of nitrogens with one attached hydrogen (secondary N) is 2. The summed E-state index contributed by atoms with van der Waals surface area (Å²) in [6.45, 7) is 1.13. The van der Waals surface area contributed by atoms with Gasteiger partial charge in [0.05, 0.1) is 18.1 Å². The van der Waals surface area contributed by atoms with Crippen molar-refractivity contribution in [2.24, 2.45) is 5.41 Å². The molecule has 4 saturated carbocycles. The van der Waals surface area contributed by atoms with Gasteiger partial charge in [0.2, 0.25) is 5.91 Å². The molecule has 6 nitrogen and oxygen atoms in total. The normalized spacial score (nSPS) is 32.2. The SMILES string of the molecule is O=C(CO/C1=C/C=C\C=C/CC=C1)NC12CC(C(=O)NCCOC3CCCCCCCCC3)(C1)C2. The van der Waals surface area contributed by atoms with Gasteiger partial charge < -0.3 is 20.1 Å². The van der Waals surface area contributed by atoms with E-state index in [4.69, 9.17) is 9.47 Å². The van der Waals surface area contributed by atoms with Crippen LogP contribution >= 0.6 is 0 Å². The molecule has 0 aromatic heterocycles. The second kappa shape index (κ2) is 12.6. The Balaban J connectivity index is 1.10. The van der Waals surface area contributed by atoms with E-state index in [0.29, 0.717) is 25.0 Å². The summed E-state index contributed by atoms with van der Waals surface area (Å²) in [7, 11) is 0. The molecule has 0 spiro atoms. The molecule has 0 atom stereocenters. The molecule has 35 heavy (non-hydrogen) atoms. The quantitative estimate of drug-likeness (QED) is 0.452. The highest BCUT2D eigenvalue weighted by molar-refractivity contribution is 5.88.